The summed E-state index contributed by atoms with van der Waals surface area (Å²) in [6.07, 6.45) is -0.292. The molecule has 0 spiro atoms. The van der Waals surface area contributed by atoms with Gasteiger partial charge in [-0.3, -0.25) is 4.90 Å². The highest BCUT2D eigenvalue weighted by Crippen LogP contribution is 2.24. The Morgan fingerprint density at radius 1 is 1.43 bits per heavy atom. The first-order chi connectivity index (χ1) is 6.68. The van der Waals surface area contributed by atoms with E-state index in [1.807, 2.05) is 19.1 Å². The summed E-state index contributed by atoms with van der Waals surface area (Å²) in [7, 11) is 0. The standard InChI is InChI=1S/C10H10ClNO2/c1-7-6-14-10(13)12(7)9-4-2-8(11)3-5-9/h2-5,7H,6H2,1H3/t7-/m0/s1. The molecule has 1 aromatic carbocycles. The number of benzene rings is 1. The molecule has 1 aromatic rings. The van der Waals surface area contributed by atoms with Gasteiger partial charge in [0, 0.05) is 10.7 Å². The molecule has 1 aliphatic heterocycles. The van der Waals surface area contributed by atoms with Crippen LogP contribution in [0.5, 0.6) is 0 Å². The normalized spacial score (nSPS) is 21.1. The first-order valence-electron chi connectivity index (χ1n) is 4.40. The number of anilines is 1. The topological polar surface area (TPSA) is 29.5 Å². The lowest BCUT2D eigenvalue weighted by molar-refractivity contribution is 0.179. The summed E-state index contributed by atoms with van der Waals surface area (Å²) in [6, 6.07) is 7.23. The van der Waals surface area contributed by atoms with Crippen LogP contribution in [0.3, 0.4) is 0 Å². The number of halogens is 1. The maximum atomic E-state index is 11.3. The third-order valence-electron chi connectivity index (χ3n) is 2.19. The largest absolute Gasteiger partial charge is 0.447 e. The van der Waals surface area contributed by atoms with Crippen molar-refractivity contribution in [1.82, 2.24) is 0 Å². The zero-order chi connectivity index (χ0) is 10.1. The summed E-state index contributed by atoms with van der Waals surface area (Å²) < 4.78 is 4.92. The summed E-state index contributed by atoms with van der Waals surface area (Å²) in [6.45, 7) is 2.39. The number of amides is 1. The molecule has 1 atom stereocenters. The third kappa shape index (κ3) is 1.55. The maximum Gasteiger partial charge on any atom is 0.414 e. The number of hydrogen-bond acceptors (Lipinski definition) is 2. The van der Waals surface area contributed by atoms with Gasteiger partial charge in [-0.05, 0) is 31.2 Å². The van der Waals surface area contributed by atoms with E-state index in [2.05, 4.69) is 0 Å². The van der Waals surface area contributed by atoms with Gasteiger partial charge in [0.1, 0.15) is 6.61 Å². The molecule has 4 heteroatoms. The lowest BCUT2D eigenvalue weighted by atomic mass is 10.2. The van der Waals surface area contributed by atoms with E-state index in [4.69, 9.17) is 16.3 Å². The van der Waals surface area contributed by atoms with Gasteiger partial charge in [-0.2, -0.15) is 0 Å². The van der Waals surface area contributed by atoms with Crippen molar-refractivity contribution in [3.8, 4) is 0 Å². The molecule has 1 fully saturated rings. The van der Waals surface area contributed by atoms with E-state index in [1.54, 1.807) is 17.0 Å². The number of carbonyl (C=O) groups is 1. The molecule has 1 amide bonds. The molecule has 2 rings (SSSR count). The van der Waals surface area contributed by atoms with Crippen LogP contribution in [0.1, 0.15) is 6.92 Å². The molecule has 0 bridgehead atoms. The Labute approximate surface area is 87.2 Å². The van der Waals surface area contributed by atoms with Crippen molar-refractivity contribution in [3.63, 3.8) is 0 Å². The van der Waals surface area contributed by atoms with Crippen LogP contribution in [-0.2, 0) is 4.74 Å². The second-order valence-electron chi connectivity index (χ2n) is 3.27. The highest BCUT2D eigenvalue weighted by Gasteiger charge is 2.30. The minimum Gasteiger partial charge on any atom is -0.447 e. The number of hydrogen-bond donors (Lipinski definition) is 0. The van der Waals surface area contributed by atoms with E-state index in [0.29, 0.717) is 11.6 Å². The molecule has 0 aliphatic carbocycles. The van der Waals surface area contributed by atoms with Crippen LogP contribution in [0.15, 0.2) is 24.3 Å². The van der Waals surface area contributed by atoms with Gasteiger partial charge in [-0.15, -0.1) is 0 Å². The van der Waals surface area contributed by atoms with Gasteiger partial charge in [0.15, 0.2) is 0 Å². The van der Waals surface area contributed by atoms with Gasteiger partial charge in [-0.25, -0.2) is 4.79 Å². The lowest BCUT2D eigenvalue weighted by Gasteiger charge is -2.17. The molecule has 3 nitrogen and oxygen atoms in total. The fraction of sp³-hybridized carbons (Fsp3) is 0.300. The quantitative estimate of drug-likeness (QED) is 0.715. The van der Waals surface area contributed by atoms with Crippen LogP contribution in [0.25, 0.3) is 0 Å². The van der Waals surface area contributed by atoms with Crippen molar-refractivity contribution in [2.75, 3.05) is 11.5 Å². The van der Waals surface area contributed by atoms with Crippen molar-refractivity contribution < 1.29 is 9.53 Å². The number of carbonyl (C=O) groups excluding carboxylic acids is 1. The third-order valence-corrected chi connectivity index (χ3v) is 2.44. The van der Waals surface area contributed by atoms with Crippen LogP contribution in [0, 0.1) is 0 Å². The van der Waals surface area contributed by atoms with E-state index in [0.717, 1.165) is 5.69 Å². The van der Waals surface area contributed by atoms with Crippen LogP contribution in [0.2, 0.25) is 5.02 Å². The lowest BCUT2D eigenvalue weighted by Crippen LogP contribution is -2.30. The smallest absolute Gasteiger partial charge is 0.414 e. The SMILES string of the molecule is C[C@H]1COC(=O)N1c1ccc(Cl)cc1. The summed E-state index contributed by atoms with van der Waals surface area (Å²) in [5.74, 6) is 0. The van der Waals surface area contributed by atoms with Crippen molar-refractivity contribution in [2.45, 2.75) is 13.0 Å². The second kappa shape index (κ2) is 3.50. The molecule has 1 saturated heterocycles. The van der Waals surface area contributed by atoms with Gasteiger partial charge in [-0.1, -0.05) is 11.6 Å². The Hall–Kier alpha value is -1.22. The minimum atomic E-state index is -0.292. The van der Waals surface area contributed by atoms with Crippen LogP contribution in [0.4, 0.5) is 10.5 Å². The Kier molecular flexibility index (Phi) is 2.33. The Morgan fingerprint density at radius 2 is 2.07 bits per heavy atom. The summed E-state index contributed by atoms with van der Waals surface area (Å²) in [5, 5.41) is 0.661. The van der Waals surface area contributed by atoms with Crippen molar-refractivity contribution in [2.24, 2.45) is 0 Å². The molecule has 74 valence electrons. The van der Waals surface area contributed by atoms with Gasteiger partial charge in [0.2, 0.25) is 0 Å². The first kappa shape index (κ1) is 9.34. The molecule has 1 heterocycles. The molecule has 0 saturated carbocycles. The van der Waals surface area contributed by atoms with E-state index in [1.165, 1.54) is 0 Å². The monoisotopic (exact) mass is 211 g/mol. The zero-order valence-corrected chi connectivity index (χ0v) is 8.49. The number of ether oxygens (including phenoxy) is 1. The molecule has 1 aliphatic rings. The maximum absolute atomic E-state index is 11.3. The number of cyclic esters (lactones) is 1. The van der Waals surface area contributed by atoms with Crippen LogP contribution in [-0.4, -0.2) is 18.7 Å². The fourth-order valence-corrected chi connectivity index (χ4v) is 1.60. The first-order valence-corrected chi connectivity index (χ1v) is 4.78. The number of nitrogens with zero attached hydrogens (tertiary/aromatic N) is 1. The van der Waals surface area contributed by atoms with E-state index < -0.39 is 0 Å². The Balaban J connectivity index is 2.30. The summed E-state index contributed by atoms with van der Waals surface area (Å²) in [4.78, 5) is 13.0. The predicted octanol–water partition coefficient (Wildman–Crippen LogP) is 2.69. The predicted molar refractivity (Wildman–Crippen MR) is 54.7 cm³/mol. The highest BCUT2D eigenvalue weighted by atomic mass is 35.5. The van der Waals surface area contributed by atoms with Gasteiger partial charge < -0.3 is 4.74 Å². The Bertz CT molecular complexity index is 350. The average molecular weight is 212 g/mol. The second-order valence-corrected chi connectivity index (χ2v) is 3.71. The van der Waals surface area contributed by atoms with Crippen molar-refractivity contribution in [3.05, 3.63) is 29.3 Å². The summed E-state index contributed by atoms with van der Waals surface area (Å²) >= 11 is 5.76. The molecule has 0 radical (unpaired) electrons. The van der Waals surface area contributed by atoms with Crippen LogP contribution >= 0.6 is 11.6 Å². The van der Waals surface area contributed by atoms with Crippen LogP contribution < -0.4 is 4.90 Å². The molecule has 0 aromatic heterocycles. The molecular formula is C10H10ClNO2. The summed E-state index contributed by atoms with van der Waals surface area (Å²) in [5.41, 5.74) is 0.824. The Morgan fingerprint density at radius 3 is 2.57 bits per heavy atom. The molecule has 0 unspecified atom stereocenters. The zero-order valence-electron chi connectivity index (χ0n) is 7.74. The van der Waals surface area contributed by atoms with Gasteiger partial charge in [0.25, 0.3) is 0 Å². The molecule has 14 heavy (non-hydrogen) atoms. The highest BCUT2D eigenvalue weighted by molar-refractivity contribution is 6.30. The van der Waals surface area contributed by atoms with E-state index in [9.17, 15) is 4.79 Å². The molecule has 0 N–H and O–H groups in total. The molecular weight excluding hydrogens is 202 g/mol. The van der Waals surface area contributed by atoms with Crippen molar-refractivity contribution >= 4 is 23.4 Å². The van der Waals surface area contributed by atoms with E-state index >= 15 is 0 Å². The minimum absolute atomic E-state index is 0.0867. The van der Waals surface area contributed by atoms with Gasteiger partial charge >= 0.3 is 6.09 Å². The van der Waals surface area contributed by atoms with Crippen molar-refractivity contribution in [1.29, 1.82) is 0 Å². The average Bonchev–Trinajstić information content (AvgIpc) is 2.49. The number of rotatable bonds is 1. The fourth-order valence-electron chi connectivity index (χ4n) is 1.48. The van der Waals surface area contributed by atoms with E-state index in [-0.39, 0.29) is 12.1 Å². The van der Waals surface area contributed by atoms with Gasteiger partial charge in [0.05, 0.1) is 6.04 Å².